The minimum absolute atomic E-state index is 0.0389. The molecule has 0 bridgehead atoms. The normalized spacial score (nSPS) is 20.7. The molecule has 1 aromatic carbocycles. The number of hydrogen-bond donors (Lipinski definition) is 2. The highest BCUT2D eigenvalue weighted by atomic mass is 16.5. The smallest absolute Gasteiger partial charge is 0.407 e. The van der Waals surface area contributed by atoms with Crippen LogP contribution < -0.4 is 19.7 Å². The molecule has 3 aromatic rings. The monoisotopic (exact) mass is 536 g/mol. The average molecular weight is 537 g/mol. The van der Waals surface area contributed by atoms with Gasteiger partial charge in [-0.2, -0.15) is 5.10 Å². The number of rotatable bonds is 6. The van der Waals surface area contributed by atoms with Crippen molar-refractivity contribution in [3.8, 4) is 22.9 Å². The zero-order chi connectivity index (χ0) is 27.9. The largest absolute Gasteiger partial charge is 0.495 e. The van der Waals surface area contributed by atoms with Crippen LogP contribution >= 0.6 is 0 Å². The summed E-state index contributed by atoms with van der Waals surface area (Å²) in [5, 5.41) is 17.0. The molecule has 0 radical (unpaired) electrons. The van der Waals surface area contributed by atoms with E-state index in [0.717, 1.165) is 16.8 Å². The second-order valence-corrected chi connectivity index (χ2v) is 11.4. The molecule has 0 spiro atoms. The van der Waals surface area contributed by atoms with Crippen LogP contribution in [0.4, 0.5) is 10.5 Å². The number of aromatic nitrogens is 3. The first-order chi connectivity index (χ1) is 18.5. The molecule has 208 valence electrons. The van der Waals surface area contributed by atoms with Gasteiger partial charge >= 0.3 is 6.09 Å². The van der Waals surface area contributed by atoms with Crippen molar-refractivity contribution in [1.82, 2.24) is 24.8 Å². The zero-order valence-electron chi connectivity index (χ0n) is 23.0. The average Bonchev–Trinajstić information content (AvgIpc) is 3.56. The third-order valence-corrected chi connectivity index (χ3v) is 7.77. The van der Waals surface area contributed by atoms with Crippen molar-refractivity contribution in [1.29, 1.82) is 0 Å². The molecular weight excluding hydrogens is 500 g/mol. The van der Waals surface area contributed by atoms with E-state index in [1.54, 1.807) is 22.7 Å². The van der Waals surface area contributed by atoms with Gasteiger partial charge in [0.25, 0.3) is 0 Å². The summed E-state index contributed by atoms with van der Waals surface area (Å²) < 4.78 is 13.8. The maximum Gasteiger partial charge on any atom is 0.407 e. The Labute approximate surface area is 227 Å². The van der Waals surface area contributed by atoms with Crippen molar-refractivity contribution >= 4 is 23.2 Å². The fourth-order valence-electron chi connectivity index (χ4n) is 5.43. The van der Waals surface area contributed by atoms with Crippen molar-refractivity contribution in [2.75, 3.05) is 38.2 Å². The molecule has 0 aliphatic carbocycles. The molecule has 3 atom stereocenters. The van der Waals surface area contributed by atoms with Crippen molar-refractivity contribution < 1.29 is 24.2 Å². The van der Waals surface area contributed by atoms with Crippen LogP contribution in [0.25, 0.3) is 16.8 Å². The van der Waals surface area contributed by atoms with Gasteiger partial charge in [-0.05, 0) is 30.5 Å². The van der Waals surface area contributed by atoms with Gasteiger partial charge in [-0.3, -0.25) is 4.79 Å². The van der Waals surface area contributed by atoms with Crippen molar-refractivity contribution in [2.24, 2.45) is 11.3 Å². The molecule has 5 rings (SSSR count). The maximum atomic E-state index is 11.9. The van der Waals surface area contributed by atoms with Gasteiger partial charge in [0.1, 0.15) is 17.4 Å². The SMILES string of the molecule is COc1cc(-c2cn3nccc3c(O[C@H](C)[C@H]3CNC(=O)C3)n2)ccc1N1CCN(C(=O)O)C(C(C)(C)C)C1. The first-order valence-corrected chi connectivity index (χ1v) is 13.3. The highest BCUT2D eigenvalue weighted by molar-refractivity contribution is 5.78. The predicted octanol–water partition coefficient (Wildman–Crippen LogP) is 3.52. The second-order valence-electron chi connectivity index (χ2n) is 11.4. The fraction of sp³-hybridized carbons (Fsp3) is 0.500. The van der Waals surface area contributed by atoms with Crippen LogP contribution in [0.3, 0.4) is 0 Å². The van der Waals surface area contributed by atoms with Crippen LogP contribution in [0.1, 0.15) is 34.1 Å². The Hall–Kier alpha value is -4.02. The quantitative estimate of drug-likeness (QED) is 0.491. The van der Waals surface area contributed by atoms with E-state index in [4.69, 9.17) is 14.5 Å². The summed E-state index contributed by atoms with van der Waals surface area (Å²) in [6, 6.07) is 7.61. The van der Waals surface area contributed by atoms with Gasteiger partial charge < -0.3 is 29.7 Å². The number of anilines is 1. The molecule has 2 aromatic heterocycles. The van der Waals surface area contributed by atoms with Crippen LogP contribution in [-0.4, -0.2) is 82.0 Å². The van der Waals surface area contributed by atoms with Gasteiger partial charge in [0, 0.05) is 44.1 Å². The Kier molecular flexibility index (Phi) is 7.00. The molecule has 4 heterocycles. The first-order valence-electron chi connectivity index (χ1n) is 13.3. The lowest BCUT2D eigenvalue weighted by Gasteiger charge is -2.46. The van der Waals surface area contributed by atoms with Crippen LogP contribution in [0.15, 0.2) is 36.7 Å². The van der Waals surface area contributed by atoms with Gasteiger partial charge in [-0.15, -0.1) is 0 Å². The highest BCUT2D eigenvalue weighted by Gasteiger charge is 2.38. The number of ether oxygens (including phenoxy) is 2. The summed E-state index contributed by atoms with van der Waals surface area (Å²) in [6.07, 6.45) is 2.89. The molecule has 11 heteroatoms. The maximum absolute atomic E-state index is 11.9. The molecule has 2 fully saturated rings. The molecule has 2 aliphatic rings. The Morgan fingerprint density at radius 3 is 2.69 bits per heavy atom. The Bertz CT molecular complexity index is 1380. The fourth-order valence-corrected chi connectivity index (χ4v) is 5.43. The van der Waals surface area contributed by atoms with E-state index in [2.05, 4.69) is 36.1 Å². The van der Waals surface area contributed by atoms with Gasteiger partial charge in [0.05, 0.1) is 36.9 Å². The van der Waals surface area contributed by atoms with Crippen molar-refractivity contribution in [3.63, 3.8) is 0 Å². The number of piperazine rings is 1. The Morgan fingerprint density at radius 1 is 1.23 bits per heavy atom. The number of carboxylic acid groups (broad SMARTS) is 1. The molecule has 2 aliphatic heterocycles. The first kappa shape index (κ1) is 26.6. The lowest BCUT2D eigenvalue weighted by Crippen LogP contribution is -2.59. The topological polar surface area (TPSA) is 122 Å². The molecule has 0 saturated carbocycles. The zero-order valence-corrected chi connectivity index (χ0v) is 23.0. The predicted molar refractivity (Wildman–Crippen MR) is 146 cm³/mol. The van der Waals surface area contributed by atoms with E-state index >= 15 is 0 Å². The molecule has 11 nitrogen and oxygen atoms in total. The van der Waals surface area contributed by atoms with Crippen LogP contribution in [0, 0.1) is 11.3 Å². The number of nitrogens with zero attached hydrogens (tertiary/aromatic N) is 5. The second kappa shape index (κ2) is 10.3. The van der Waals surface area contributed by atoms with E-state index in [-0.39, 0.29) is 29.4 Å². The van der Waals surface area contributed by atoms with Gasteiger partial charge in [0.15, 0.2) is 0 Å². The molecule has 1 unspecified atom stereocenters. The van der Waals surface area contributed by atoms with E-state index in [9.17, 15) is 14.7 Å². The minimum Gasteiger partial charge on any atom is -0.495 e. The van der Waals surface area contributed by atoms with E-state index in [0.29, 0.717) is 49.9 Å². The van der Waals surface area contributed by atoms with Crippen LogP contribution in [0.5, 0.6) is 11.6 Å². The Balaban J connectivity index is 1.44. The minimum atomic E-state index is -0.889. The van der Waals surface area contributed by atoms with Crippen LogP contribution in [-0.2, 0) is 4.79 Å². The lowest BCUT2D eigenvalue weighted by atomic mass is 9.84. The third kappa shape index (κ3) is 5.30. The van der Waals surface area contributed by atoms with E-state index < -0.39 is 6.09 Å². The number of benzene rings is 1. The number of hydrogen-bond acceptors (Lipinski definition) is 7. The number of nitrogens with one attached hydrogen (secondary N) is 1. The summed E-state index contributed by atoms with van der Waals surface area (Å²) >= 11 is 0. The standard InChI is InChI=1S/C28H36N6O5/c1-17(19-13-25(35)29-14-19)39-26-22-8-9-30-34(22)15-20(31-26)18-6-7-21(23(12-18)38-5)32-10-11-33(27(36)37)24(16-32)28(2,3)4/h6-9,12,15,17,19,24H,10-11,13-14,16H2,1-5H3,(H,29,35)(H,36,37)/t17-,19-,24?/m1/s1. The molecule has 2 amide bonds. The number of fused-ring (bicyclic) bond motifs is 1. The number of methoxy groups -OCH3 is 1. The lowest BCUT2D eigenvalue weighted by molar-refractivity contribution is -0.119. The summed E-state index contributed by atoms with van der Waals surface area (Å²) in [5.41, 5.74) is 2.94. The summed E-state index contributed by atoms with van der Waals surface area (Å²) in [5.74, 6) is 1.25. The van der Waals surface area contributed by atoms with Crippen molar-refractivity contribution in [3.05, 3.63) is 36.7 Å². The van der Waals surface area contributed by atoms with Gasteiger partial charge in [-0.25, -0.2) is 14.3 Å². The van der Waals surface area contributed by atoms with Crippen LogP contribution in [0.2, 0.25) is 0 Å². The molecule has 39 heavy (non-hydrogen) atoms. The van der Waals surface area contributed by atoms with E-state index in [1.165, 1.54) is 0 Å². The van der Waals surface area contributed by atoms with E-state index in [1.807, 2.05) is 37.4 Å². The van der Waals surface area contributed by atoms with Gasteiger partial charge in [-0.1, -0.05) is 26.8 Å². The number of carbonyl (C=O) groups excluding carboxylic acids is 1. The van der Waals surface area contributed by atoms with Gasteiger partial charge in [0.2, 0.25) is 11.8 Å². The summed E-state index contributed by atoms with van der Waals surface area (Å²) in [4.78, 5) is 32.1. The number of amides is 2. The van der Waals surface area contributed by atoms with Crippen molar-refractivity contribution in [2.45, 2.75) is 46.3 Å². The summed E-state index contributed by atoms with van der Waals surface area (Å²) in [7, 11) is 1.63. The summed E-state index contributed by atoms with van der Waals surface area (Å²) in [6.45, 7) is 10.3. The third-order valence-electron chi connectivity index (χ3n) is 7.77. The molecule has 2 N–H and O–H groups in total. The highest BCUT2D eigenvalue weighted by Crippen LogP contribution is 2.37. The Morgan fingerprint density at radius 2 is 2.03 bits per heavy atom. The molecular formula is C28H36N6O5. The number of carbonyl (C=O) groups is 2. The molecule has 2 saturated heterocycles.